The van der Waals surface area contributed by atoms with Crippen LogP contribution in [0.15, 0.2) is 0 Å². The fourth-order valence-electron chi connectivity index (χ4n) is 0.721. The van der Waals surface area contributed by atoms with E-state index in [4.69, 9.17) is 10.2 Å². The van der Waals surface area contributed by atoms with Crippen molar-refractivity contribution in [3.05, 3.63) is 0 Å². The fourth-order valence-corrected chi connectivity index (χ4v) is 0.721. The number of aliphatic hydroxyl groups is 1. The molecule has 4 heteroatoms. The van der Waals surface area contributed by atoms with Gasteiger partial charge < -0.3 is 14.9 Å². The fraction of sp³-hybridized carbons (Fsp3) is 0.800. The van der Waals surface area contributed by atoms with Crippen molar-refractivity contribution in [2.75, 3.05) is 13.2 Å². The van der Waals surface area contributed by atoms with E-state index in [0.717, 1.165) is 0 Å². The first-order valence-electron chi connectivity index (χ1n) is 2.64. The lowest BCUT2D eigenvalue weighted by molar-refractivity contribution is -0.190. The Kier molecular flexibility index (Phi) is 1.42. The van der Waals surface area contributed by atoms with E-state index in [2.05, 4.69) is 4.74 Å². The van der Waals surface area contributed by atoms with Crippen LogP contribution in [0.25, 0.3) is 0 Å². The predicted molar refractivity (Wildman–Crippen MR) is 28.0 cm³/mol. The second-order valence-electron chi connectivity index (χ2n) is 2.29. The molecule has 1 saturated heterocycles. The van der Waals surface area contributed by atoms with Crippen LogP contribution in [0, 0.1) is 0 Å². The number of hydrogen-bond donors (Lipinski definition) is 2. The molecule has 0 unspecified atom stereocenters. The highest BCUT2D eigenvalue weighted by Gasteiger charge is 2.38. The van der Waals surface area contributed by atoms with Crippen molar-refractivity contribution in [3.63, 3.8) is 0 Å². The summed E-state index contributed by atoms with van der Waals surface area (Å²) in [5, 5.41) is 17.3. The number of ether oxygens (including phenoxy) is 1. The van der Waals surface area contributed by atoms with Gasteiger partial charge in [0.1, 0.15) is 5.60 Å². The zero-order chi connectivity index (χ0) is 6.91. The first-order chi connectivity index (χ1) is 4.12. The third kappa shape index (κ3) is 1.40. The summed E-state index contributed by atoms with van der Waals surface area (Å²) in [7, 11) is 0. The Bertz CT molecular complexity index is 127. The summed E-state index contributed by atoms with van der Waals surface area (Å²) in [6, 6.07) is 0. The molecule has 0 aromatic heterocycles. The van der Waals surface area contributed by atoms with E-state index in [9.17, 15) is 4.79 Å². The van der Waals surface area contributed by atoms with Crippen molar-refractivity contribution in [2.24, 2.45) is 0 Å². The van der Waals surface area contributed by atoms with Crippen molar-refractivity contribution in [1.82, 2.24) is 0 Å². The zero-order valence-corrected chi connectivity index (χ0v) is 4.83. The molecular formula is C5H8O4. The number of aliphatic carboxylic acids is 1. The molecule has 1 rings (SSSR count). The van der Waals surface area contributed by atoms with Gasteiger partial charge in [-0.05, 0) is 0 Å². The first-order valence-corrected chi connectivity index (χ1v) is 2.64. The lowest BCUT2D eigenvalue weighted by Gasteiger charge is -2.34. The molecule has 0 aliphatic carbocycles. The van der Waals surface area contributed by atoms with Crippen molar-refractivity contribution in [3.8, 4) is 0 Å². The minimum atomic E-state index is -1.08. The quantitative estimate of drug-likeness (QED) is 0.517. The smallest absolute Gasteiger partial charge is 0.306 e. The van der Waals surface area contributed by atoms with Gasteiger partial charge in [0, 0.05) is 0 Å². The van der Waals surface area contributed by atoms with Crippen molar-refractivity contribution < 1.29 is 19.7 Å². The molecule has 52 valence electrons. The van der Waals surface area contributed by atoms with E-state index < -0.39 is 11.6 Å². The molecule has 0 spiro atoms. The third-order valence-corrected chi connectivity index (χ3v) is 1.22. The molecular weight excluding hydrogens is 124 g/mol. The van der Waals surface area contributed by atoms with Crippen LogP contribution in [0.1, 0.15) is 6.42 Å². The van der Waals surface area contributed by atoms with Gasteiger partial charge in [-0.2, -0.15) is 0 Å². The monoisotopic (exact) mass is 132 g/mol. The molecule has 0 aromatic rings. The van der Waals surface area contributed by atoms with Gasteiger partial charge in [0.15, 0.2) is 0 Å². The molecule has 1 fully saturated rings. The van der Waals surface area contributed by atoms with Gasteiger partial charge in [-0.1, -0.05) is 0 Å². The van der Waals surface area contributed by atoms with E-state index in [1.165, 1.54) is 0 Å². The Balaban J connectivity index is 2.33. The maximum absolute atomic E-state index is 9.99. The third-order valence-electron chi connectivity index (χ3n) is 1.22. The molecule has 2 N–H and O–H groups in total. The molecule has 0 amide bonds. The number of carboxylic acids is 1. The average molecular weight is 132 g/mol. The standard InChI is InChI=1S/C5H8O4/c6-4(7)1-5(8)2-9-3-5/h8H,1-3H2,(H,6,7). The van der Waals surface area contributed by atoms with Gasteiger partial charge in [0.05, 0.1) is 19.6 Å². The Hall–Kier alpha value is -0.610. The number of hydrogen-bond acceptors (Lipinski definition) is 3. The van der Waals surface area contributed by atoms with E-state index in [1.54, 1.807) is 0 Å². The number of carbonyl (C=O) groups is 1. The zero-order valence-electron chi connectivity index (χ0n) is 4.83. The Labute approximate surface area is 52.1 Å². The van der Waals surface area contributed by atoms with Gasteiger partial charge in [0.25, 0.3) is 0 Å². The molecule has 1 aliphatic rings. The highest BCUT2D eigenvalue weighted by molar-refractivity contribution is 5.68. The molecule has 0 aromatic carbocycles. The Morgan fingerprint density at radius 1 is 1.67 bits per heavy atom. The van der Waals surface area contributed by atoms with Gasteiger partial charge in [-0.15, -0.1) is 0 Å². The van der Waals surface area contributed by atoms with Crippen molar-refractivity contribution >= 4 is 5.97 Å². The Morgan fingerprint density at radius 2 is 2.22 bits per heavy atom. The number of carboxylic acid groups (broad SMARTS) is 1. The van der Waals surface area contributed by atoms with Crippen molar-refractivity contribution in [1.29, 1.82) is 0 Å². The molecule has 1 aliphatic heterocycles. The lowest BCUT2D eigenvalue weighted by atomic mass is 9.98. The normalized spacial score (nSPS) is 22.8. The van der Waals surface area contributed by atoms with Crippen LogP contribution in [0.5, 0.6) is 0 Å². The molecule has 0 atom stereocenters. The lowest BCUT2D eigenvalue weighted by Crippen LogP contribution is -2.50. The van der Waals surface area contributed by atoms with E-state index in [1.807, 2.05) is 0 Å². The van der Waals surface area contributed by atoms with Gasteiger partial charge in [0.2, 0.25) is 0 Å². The van der Waals surface area contributed by atoms with Crippen LogP contribution < -0.4 is 0 Å². The summed E-state index contributed by atoms with van der Waals surface area (Å²) in [6.07, 6.45) is -0.215. The van der Waals surface area contributed by atoms with E-state index >= 15 is 0 Å². The first kappa shape index (κ1) is 6.51. The highest BCUT2D eigenvalue weighted by Crippen LogP contribution is 2.19. The minimum absolute atomic E-state index is 0.152. The predicted octanol–water partition coefficient (Wildman–Crippen LogP) is -0.778. The van der Waals surface area contributed by atoms with E-state index in [0.29, 0.717) is 0 Å². The average Bonchev–Trinajstić information content (AvgIpc) is 1.60. The second kappa shape index (κ2) is 1.97. The van der Waals surface area contributed by atoms with E-state index in [-0.39, 0.29) is 19.6 Å². The molecule has 0 radical (unpaired) electrons. The summed E-state index contributed by atoms with van der Waals surface area (Å²) >= 11 is 0. The van der Waals surface area contributed by atoms with Gasteiger partial charge in [-0.3, -0.25) is 4.79 Å². The molecule has 0 saturated carbocycles. The summed E-state index contributed by atoms with van der Waals surface area (Å²) in [6.45, 7) is 0.304. The van der Waals surface area contributed by atoms with Crippen LogP contribution in [-0.4, -0.2) is 35.0 Å². The SMILES string of the molecule is O=C(O)CC1(O)COC1. The van der Waals surface area contributed by atoms with Crippen molar-refractivity contribution in [2.45, 2.75) is 12.0 Å². The maximum atomic E-state index is 9.99. The number of rotatable bonds is 2. The summed E-state index contributed by atoms with van der Waals surface area (Å²) in [4.78, 5) is 9.99. The molecule has 4 nitrogen and oxygen atoms in total. The molecule has 1 heterocycles. The highest BCUT2D eigenvalue weighted by atomic mass is 16.5. The summed E-state index contributed by atoms with van der Waals surface area (Å²) in [5.41, 5.74) is -1.08. The van der Waals surface area contributed by atoms with Crippen LogP contribution in [-0.2, 0) is 9.53 Å². The Morgan fingerprint density at radius 3 is 2.33 bits per heavy atom. The summed E-state index contributed by atoms with van der Waals surface area (Å²) in [5.74, 6) is -0.985. The maximum Gasteiger partial charge on any atom is 0.306 e. The van der Waals surface area contributed by atoms with Crippen LogP contribution in [0.2, 0.25) is 0 Å². The summed E-state index contributed by atoms with van der Waals surface area (Å²) < 4.78 is 4.63. The topological polar surface area (TPSA) is 66.8 Å². The minimum Gasteiger partial charge on any atom is -0.481 e. The van der Waals surface area contributed by atoms with Gasteiger partial charge >= 0.3 is 5.97 Å². The van der Waals surface area contributed by atoms with Crippen LogP contribution >= 0.6 is 0 Å². The van der Waals surface area contributed by atoms with Crippen LogP contribution in [0.3, 0.4) is 0 Å². The van der Waals surface area contributed by atoms with Gasteiger partial charge in [-0.25, -0.2) is 0 Å². The van der Waals surface area contributed by atoms with Crippen LogP contribution in [0.4, 0.5) is 0 Å². The largest absolute Gasteiger partial charge is 0.481 e. The second-order valence-corrected chi connectivity index (χ2v) is 2.29. The molecule has 0 bridgehead atoms. The molecule has 9 heavy (non-hydrogen) atoms.